The van der Waals surface area contributed by atoms with Crippen LogP contribution >= 0.6 is 0 Å². The van der Waals surface area contributed by atoms with Crippen molar-refractivity contribution in [3.63, 3.8) is 0 Å². The van der Waals surface area contributed by atoms with Gasteiger partial charge in [0.05, 0.1) is 12.8 Å². The maximum Gasteiger partial charge on any atom is 0.274 e. The number of rotatable bonds is 5. The third-order valence-electron chi connectivity index (χ3n) is 3.66. The van der Waals surface area contributed by atoms with E-state index in [2.05, 4.69) is 15.6 Å². The van der Waals surface area contributed by atoms with E-state index >= 15 is 0 Å². The van der Waals surface area contributed by atoms with Gasteiger partial charge in [0.25, 0.3) is 11.8 Å². The Morgan fingerprint density at radius 1 is 0.889 bits per heavy atom. The van der Waals surface area contributed by atoms with Gasteiger partial charge in [0.2, 0.25) is 0 Å². The van der Waals surface area contributed by atoms with Crippen LogP contribution in [-0.2, 0) is 0 Å². The third kappa shape index (κ3) is 4.46. The van der Waals surface area contributed by atoms with E-state index in [0.29, 0.717) is 11.4 Å². The molecule has 136 valence electrons. The van der Waals surface area contributed by atoms with Gasteiger partial charge >= 0.3 is 0 Å². The molecule has 2 amide bonds. The molecule has 0 aliphatic heterocycles. The molecule has 0 radical (unpaired) electrons. The van der Waals surface area contributed by atoms with Gasteiger partial charge in [-0.05, 0) is 36.4 Å². The number of hydrogen-bond donors (Lipinski definition) is 2. The minimum Gasteiger partial charge on any atom is -0.497 e. The minimum absolute atomic E-state index is 0.00320. The first-order valence-electron chi connectivity index (χ1n) is 8.05. The molecule has 0 bridgehead atoms. The van der Waals surface area contributed by atoms with Crippen LogP contribution in [0, 0.1) is 5.82 Å². The number of carbonyl (C=O) groups is 2. The van der Waals surface area contributed by atoms with Crippen molar-refractivity contribution in [2.75, 3.05) is 17.7 Å². The van der Waals surface area contributed by atoms with Crippen molar-refractivity contribution in [2.24, 2.45) is 0 Å². The Morgan fingerprint density at radius 3 is 2.26 bits per heavy atom. The number of halogens is 1. The Labute approximate surface area is 155 Å². The summed E-state index contributed by atoms with van der Waals surface area (Å²) in [6.07, 6.45) is 0. The lowest BCUT2D eigenvalue weighted by atomic mass is 10.2. The number of amides is 2. The summed E-state index contributed by atoms with van der Waals surface area (Å²) in [6.45, 7) is 0. The lowest BCUT2D eigenvalue weighted by Crippen LogP contribution is -2.18. The lowest BCUT2D eigenvalue weighted by Gasteiger charge is -2.08. The van der Waals surface area contributed by atoms with Crippen LogP contribution in [0.4, 0.5) is 15.8 Å². The number of carbonyl (C=O) groups excluding carboxylic acids is 2. The molecule has 2 N–H and O–H groups in total. The molecule has 2 aromatic carbocycles. The van der Waals surface area contributed by atoms with Gasteiger partial charge in [0, 0.05) is 11.8 Å². The van der Waals surface area contributed by atoms with Gasteiger partial charge in [-0.15, -0.1) is 0 Å². The molecule has 0 aliphatic rings. The van der Waals surface area contributed by atoms with Gasteiger partial charge in [-0.3, -0.25) is 9.59 Å². The van der Waals surface area contributed by atoms with Gasteiger partial charge in [0.1, 0.15) is 23.0 Å². The molecule has 3 rings (SSSR count). The van der Waals surface area contributed by atoms with Gasteiger partial charge in [-0.2, -0.15) is 0 Å². The van der Waals surface area contributed by atoms with Crippen LogP contribution < -0.4 is 15.4 Å². The molecule has 0 saturated carbocycles. The van der Waals surface area contributed by atoms with Crippen molar-refractivity contribution >= 4 is 23.2 Å². The van der Waals surface area contributed by atoms with Crippen molar-refractivity contribution in [2.45, 2.75) is 0 Å². The number of nitrogens with zero attached hydrogens (tertiary/aromatic N) is 1. The summed E-state index contributed by atoms with van der Waals surface area (Å²) in [5, 5.41) is 5.12. The summed E-state index contributed by atoms with van der Waals surface area (Å²) >= 11 is 0. The van der Waals surface area contributed by atoms with Crippen LogP contribution in [0.2, 0.25) is 0 Å². The van der Waals surface area contributed by atoms with Crippen LogP contribution in [0.5, 0.6) is 5.75 Å². The van der Waals surface area contributed by atoms with E-state index in [1.807, 2.05) is 0 Å². The molecule has 0 saturated heterocycles. The normalized spacial score (nSPS) is 10.1. The van der Waals surface area contributed by atoms with Crippen molar-refractivity contribution in [1.29, 1.82) is 0 Å². The Balaban J connectivity index is 1.75. The maximum atomic E-state index is 13.7. The maximum absolute atomic E-state index is 13.7. The minimum atomic E-state index is -0.615. The first-order chi connectivity index (χ1) is 13.1. The average molecular weight is 365 g/mol. The predicted octanol–water partition coefficient (Wildman–Crippen LogP) is 3.73. The molecule has 7 heteroatoms. The van der Waals surface area contributed by atoms with E-state index < -0.39 is 17.6 Å². The number of hydrogen-bond acceptors (Lipinski definition) is 4. The van der Waals surface area contributed by atoms with Crippen molar-refractivity contribution in [3.05, 3.63) is 83.9 Å². The van der Waals surface area contributed by atoms with Gasteiger partial charge in [0.15, 0.2) is 0 Å². The number of para-hydroxylation sites is 1. The predicted molar refractivity (Wildman–Crippen MR) is 99.5 cm³/mol. The Bertz CT molecular complexity index is 991. The first-order valence-corrected chi connectivity index (χ1v) is 8.05. The summed E-state index contributed by atoms with van der Waals surface area (Å²) in [7, 11) is 1.53. The highest BCUT2D eigenvalue weighted by Crippen LogP contribution is 2.18. The summed E-state index contributed by atoms with van der Waals surface area (Å²) in [5.41, 5.74) is 0.619. The van der Waals surface area contributed by atoms with Gasteiger partial charge in [-0.1, -0.05) is 24.3 Å². The van der Waals surface area contributed by atoms with Crippen LogP contribution in [0.25, 0.3) is 0 Å². The summed E-state index contributed by atoms with van der Waals surface area (Å²) in [4.78, 5) is 28.7. The molecule has 0 spiro atoms. The fraction of sp³-hybridized carbons (Fsp3) is 0.0500. The van der Waals surface area contributed by atoms with Crippen molar-refractivity contribution < 1.29 is 18.7 Å². The fourth-order valence-corrected chi connectivity index (χ4v) is 2.33. The van der Waals surface area contributed by atoms with E-state index in [-0.39, 0.29) is 17.1 Å². The molecule has 0 aliphatic carbocycles. The number of pyridine rings is 1. The first kappa shape index (κ1) is 18.1. The topological polar surface area (TPSA) is 80.3 Å². The highest BCUT2D eigenvalue weighted by atomic mass is 19.1. The second-order valence-electron chi connectivity index (χ2n) is 5.53. The molecule has 0 fully saturated rings. The van der Waals surface area contributed by atoms with Crippen LogP contribution in [0.3, 0.4) is 0 Å². The van der Waals surface area contributed by atoms with Crippen LogP contribution in [-0.4, -0.2) is 23.9 Å². The van der Waals surface area contributed by atoms with Gasteiger partial charge in [-0.25, -0.2) is 9.37 Å². The summed E-state index contributed by atoms with van der Waals surface area (Å²) in [5.74, 6) is -1.06. The SMILES string of the molecule is COc1cccc(NC(=O)c2cccc(C(=O)Nc3ccccc3F)n2)c1. The standard InChI is InChI=1S/C20H16FN3O3/c1-27-14-7-4-6-13(12-14)22-19(25)17-10-5-11-18(23-17)20(26)24-16-9-3-2-8-15(16)21/h2-12H,1H3,(H,22,25)(H,24,26). The Kier molecular flexibility index (Phi) is 5.41. The van der Waals surface area contributed by atoms with Gasteiger partial charge < -0.3 is 15.4 Å². The van der Waals surface area contributed by atoms with E-state index in [1.54, 1.807) is 30.3 Å². The molecular formula is C20H16FN3O3. The third-order valence-corrected chi connectivity index (χ3v) is 3.66. The van der Waals surface area contributed by atoms with Crippen molar-refractivity contribution in [3.8, 4) is 5.75 Å². The smallest absolute Gasteiger partial charge is 0.274 e. The van der Waals surface area contributed by atoms with Crippen LogP contribution in [0.1, 0.15) is 21.0 Å². The quantitative estimate of drug-likeness (QED) is 0.722. The molecule has 27 heavy (non-hydrogen) atoms. The molecule has 6 nitrogen and oxygen atoms in total. The molecule has 0 atom stereocenters. The fourth-order valence-electron chi connectivity index (χ4n) is 2.33. The monoisotopic (exact) mass is 365 g/mol. The van der Waals surface area contributed by atoms with Crippen molar-refractivity contribution in [1.82, 2.24) is 4.98 Å². The second kappa shape index (κ2) is 8.09. The lowest BCUT2D eigenvalue weighted by molar-refractivity contribution is 0.101. The highest BCUT2D eigenvalue weighted by Gasteiger charge is 2.14. The Morgan fingerprint density at radius 2 is 1.56 bits per heavy atom. The molecule has 0 unspecified atom stereocenters. The number of ether oxygens (including phenoxy) is 1. The zero-order valence-electron chi connectivity index (χ0n) is 14.4. The molecule has 3 aromatic rings. The second-order valence-corrected chi connectivity index (χ2v) is 5.53. The van der Waals surface area contributed by atoms with E-state index in [1.165, 1.54) is 43.5 Å². The van der Waals surface area contributed by atoms with E-state index in [4.69, 9.17) is 4.74 Å². The largest absolute Gasteiger partial charge is 0.497 e. The van der Waals surface area contributed by atoms with E-state index in [0.717, 1.165) is 0 Å². The number of nitrogens with one attached hydrogen (secondary N) is 2. The zero-order chi connectivity index (χ0) is 19.2. The highest BCUT2D eigenvalue weighted by molar-refractivity contribution is 6.06. The van der Waals surface area contributed by atoms with E-state index in [9.17, 15) is 14.0 Å². The number of methoxy groups -OCH3 is 1. The number of anilines is 2. The average Bonchev–Trinajstić information content (AvgIpc) is 2.70. The number of benzene rings is 2. The van der Waals surface area contributed by atoms with Crippen LogP contribution in [0.15, 0.2) is 66.7 Å². The zero-order valence-corrected chi connectivity index (χ0v) is 14.4. The summed E-state index contributed by atoms with van der Waals surface area (Å²) in [6, 6.07) is 17.1. The number of aromatic nitrogens is 1. The molecular weight excluding hydrogens is 349 g/mol. The summed E-state index contributed by atoms with van der Waals surface area (Å²) < 4.78 is 18.8. The molecule has 1 aromatic heterocycles. The Hall–Kier alpha value is -3.74. The molecule has 1 heterocycles.